The van der Waals surface area contributed by atoms with E-state index in [4.69, 9.17) is 14.2 Å². The Hall–Kier alpha value is -1.10. The molecule has 21 heavy (non-hydrogen) atoms. The van der Waals surface area contributed by atoms with Gasteiger partial charge in [-0.25, -0.2) is 0 Å². The molecule has 1 rings (SSSR count). The lowest BCUT2D eigenvalue weighted by Crippen LogP contribution is -2.25. The van der Waals surface area contributed by atoms with Crippen LogP contribution in [0.3, 0.4) is 0 Å². The molecule has 120 valence electrons. The SMILES string of the molecule is COCCNCc1cccc(C)c1OCCC(C)(C)OC. The molecule has 0 spiro atoms. The molecule has 0 heterocycles. The number of hydrogen-bond donors (Lipinski definition) is 1. The molecule has 0 aliphatic heterocycles. The van der Waals surface area contributed by atoms with Crippen molar-refractivity contribution in [1.82, 2.24) is 5.32 Å². The number of methoxy groups -OCH3 is 2. The van der Waals surface area contributed by atoms with Crippen molar-refractivity contribution < 1.29 is 14.2 Å². The fraction of sp³-hybridized carbons (Fsp3) is 0.647. The number of benzene rings is 1. The molecule has 1 N–H and O–H groups in total. The van der Waals surface area contributed by atoms with Gasteiger partial charge in [0, 0.05) is 39.3 Å². The molecule has 0 radical (unpaired) electrons. The summed E-state index contributed by atoms with van der Waals surface area (Å²) in [6.07, 6.45) is 0.856. The minimum absolute atomic E-state index is 0.153. The van der Waals surface area contributed by atoms with E-state index in [2.05, 4.69) is 44.3 Å². The van der Waals surface area contributed by atoms with Crippen molar-refractivity contribution in [2.24, 2.45) is 0 Å². The molecule has 0 fully saturated rings. The summed E-state index contributed by atoms with van der Waals surface area (Å²) in [5.41, 5.74) is 2.19. The molecule has 0 aliphatic rings. The van der Waals surface area contributed by atoms with Crippen LogP contribution in [0.1, 0.15) is 31.4 Å². The van der Waals surface area contributed by atoms with Gasteiger partial charge in [0.15, 0.2) is 0 Å². The standard InChI is InChI=1S/C17H29NO3/c1-14-7-6-8-15(13-18-10-12-19-4)16(14)21-11-9-17(2,3)20-5/h6-8,18H,9-13H2,1-5H3. The number of aryl methyl sites for hydroxylation is 1. The summed E-state index contributed by atoms with van der Waals surface area (Å²) in [6, 6.07) is 6.24. The smallest absolute Gasteiger partial charge is 0.126 e. The van der Waals surface area contributed by atoms with Crippen LogP contribution in [-0.2, 0) is 16.0 Å². The van der Waals surface area contributed by atoms with Crippen LogP contribution in [-0.4, -0.2) is 39.6 Å². The lowest BCUT2D eigenvalue weighted by molar-refractivity contribution is 0.00531. The molecule has 0 atom stereocenters. The highest BCUT2D eigenvalue weighted by molar-refractivity contribution is 5.40. The summed E-state index contributed by atoms with van der Waals surface area (Å²) in [5.74, 6) is 0.981. The van der Waals surface area contributed by atoms with Gasteiger partial charge in [0.05, 0.1) is 18.8 Å². The average Bonchev–Trinajstić information content (AvgIpc) is 2.46. The molecule has 0 amide bonds. The number of nitrogens with one attached hydrogen (secondary N) is 1. The second kappa shape index (κ2) is 9.03. The quantitative estimate of drug-likeness (QED) is 0.674. The van der Waals surface area contributed by atoms with E-state index in [1.54, 1.807) is 14.2 Å². The molecule has 0 aliphatic carbocycles. The molecule has 1 aromatic rings. The van der Waals surface area contributed by atoms with Crippen LogP contribution in [0.5, 0.6) is 5.75 Å². The Morgan fingerprint density at radius 2 is 1.90 bits per heavy atom. The zero-order chi connectivity index (χ0) is 15.7. The van der Waals surface area contributed by atoms with Crippen LogP contribution >= 0.6 is 0 Å². The largest absolute Gasteiger partial charge is 0.493 e. The maximum absolute atomic E-state index is 6.01. The van der Waals surface area contributed by atoms with E-state index in [1.807, 2.05) is 0 Å². The number of hydrogen-bond acceptors (Lipinski definition) is 4. The van der Waals surface area contributed by atoms with Crippen molar-refractivity contribution in [3.63, 3.8) is 0 Å². The molecule has 0 bridgehead atoms. The Morgan fingerprint density at radius 3 is 2.57 bits per heavy atom. The summed E-state index contributed by atoms with van der Waals surface area (Å²) in [6.45, 7) is 9.20. The van der Waals surface area contributed by atoms with Crippen LogP contribution in [0.15, 0.2) is 18.2 Å². The van der Waals surface area contributed by atoms with Gasteiger partial charge in [-0.05, 0) is 26.3 Å². The molecule has 1 aromatic carbocycles. The second-order valence-electron chi connectivity index (χ2n) is 5.80. The zero-order valence-electron chi connectivity index (χ0n) is 14.0. The van der Waals surface area contributed by atoms with Gasteiger partial charge >= 0.3 is 0 Å². The van der Waals surface area contributed by atoms with Crippen molar-refractivity contribution in [2.45, 2.75) is 39.3 Å². The fourth-order valence-electron chi connectivity index (χ4n) is 1.96. The second-order valence-corrected chi connectivity index (χ2v) is 5.80. The first-order valence-corrected chi connectivity index (χ1v) is 7.46. The average molecular weight is 295 g/mol. The lowest BCUT2D eigenvalue weighted by atomic mass is 10.1. The van der Waals surface area contributed by atoms with E-state index in [0.717, 1.165) is 30.8 Å². The van der Waals surface area contributed by atoms with Crippen molar-refractivity contribution >= 4 is 0 Å². The Labute approximate surface area is 128 Å². The van der Waals surface area contributed by atoms with E-state index >= 15 is 0 Å². The Morgan fingerprint density at radius 1 is 1.14 bits per heavy atom. The number of para-hydroxylation sites is 1. The summed E-state index contributed by atoms with van der Waals surface area (Å²) < 4.78 is 16.5. The first kappa shape index (κ1) is 18.0. The van der Waals surface area contributed by atoms with E-state index in [9.17, 15) is 0 Å². The highest BCUT2D eigenvalue weighted by Gasteiger charge is 2.16. The predicted octanol–water partition coefficient (Wildman–Crippen LogP) is 2.92. The number of rotatable bonds is 10. The van der Waals surface area contributed by atoms with Crippen LogP contribution in [0, 0.1) is 6.92 Å². The third-order valence-electron chi connectivity index (χ3n) is 3.59. The van der Waals surface area contributed by atoms with Crippen LogP contribution < -0.4 is 10.1 Å². The van der Waals surface area contributed by atoms with Gasteiger partial charge in [0.2, 0.25) is 0 Å². The highest BCUT2D eigenvalue weighted by atomic mass is 16.5. The first-order valence-electron chi connectivity index (χ1n) is 7.46. The maximum atomic E-state index is 6.01. The van der Waals surface area contributed by atoms with Crippen molar-refractivity contribution in [2.75, 3.05) is 34.0 Å². The van der Waals surface area contributed by atoms with Crippen LogP contribution in [0.2, 0.25) is 0 Å². The Kier molecular flexibility index (Phi) is 7.72. The summed E-state index contributed by atoms with van der Waals surface area (Å²) in [4.78, 5) is 0. The normalized spacial score (nSPS) is 11.7. The highest BCUT2D eigenvalue weighted by Crippen LogP contribution is 2.24. The van der Waals surface area contributed by atoms with E-state index < -0.39 is 0 Å². The molecular weight excluding hydrogens is 266 g/mol. The zero-order valence-corrected chi connectivity index (χ0v) is 14.0. The van der Waals surface area contributed by atoms with E-state index in [0.29, 0.717) is 13.2 Å². The maximum Gasteiger partial charge on any atom is 0.126 e. The topological polar surface area (TPSA) is 39.7 Å². The van der Waals surface area contributed by atoms with Gasteiger partial charge in [0.25, 0.3) is 0 Å². The van der Waals surface area contributed by atoms with Crippen molar-refractivity contribution in [3.8, 4) is 5.75 Å². The minimum atomic E-state index is -0.153. The van der Waals surface area contributed by atoms with Gasteiger partial charge in [-0.1, -0.05) is 18.2 Å². The van der Waals surface area contributed by atoms with Crippen molar-refractivity contribution in [3.05, 3.63) is 29.3 Å². The Bertz CT molecular complexity index is 418. The summed E-state index contributed by atoms with van der Waals surface area (Å²) in [7, 11) is 3.44. The van der Waals surface area contributed by atoms with Crippen molar-refractivity contribution in [1.29, 1.82) is 0 Å². The van der Waals surface area contributed by atoms with E-state index in [-0.39, 0.29) is 5.60 Å². The third kappa shape index (κ3) is 6.46. The monoisotopic (exact) mass is 295 g/mol. The summed E-state index contributed by atoms with van der Waals surface area (Å²) in [5, 5.41) is 3.36. The lowest BCUT2D eigenvalue weighted by Gasteiger charge is -2.23. The molecule has 0 saturated carbocycles. The molecule has 0 unspecified atom stereocenters. The molecule has 0 aromatic heterocycles. The van der Waals surface area contributed by atoms with Gasteiger partial charge in [-0.15, -0.1) is 0 Å². The van der Waals surface area contributed by atoms with Gasteiger partial charge < -0.3 is 19.5 Å². The van der Waals surface area contributed by atoms with Gasteiger partial charge in [-0.3, -0.25) is 0 Å². The minimum Gasteiger partial charge on any atom is -0.493 e. The molecule has 0 saturated heterocycles. The first-order chi connectivity index (χ1) is 10.00. The van der Waals surface area contributed by atoms with Crippen LogP contribution in [0.25, 0.3) is 0 Å². The molecule has 4 heteroatoms. The molecule has 4 nitrogen and oxygen atoms in total. The Balaban J connectivity index is 2.58. The fourth-order valence-corrected chi connectivity index (χ4v) is 1.96. The number of ether oxygens (including phenoxy) is 3. The molecular formula is C17H29NO3. The third-order valence-corrected chi connectivity index (χ3v) is 3.59. The van der Waals surface area contributed by atoms with Gasteiger partial charge in [-0.2, -0.15) is 0 Å². The summed E-state index contributed by atoms with van der Waals surface area (Å²) >= 11 is 0. The predicted molar refractivity (Wildman–Crippen MR) is 86.0 cm³/mol. The van der Waals surface area contributed by atoms with Gasteiger partial charge in [0.1, 0.15) is 5.75 Å². The van der Waals surface area contributed by atoms with E-state index in [1.165, 1.54) is 5.56 Å². The van der Waals surface area contributed by atoms with Crippen LogP contribution in [0.4, 0.5) is 0 Å².